The van der Waals surface area contributed by atoms with Gasteiger partial charge in [-0.1, -0.05) is 30.3 Å². The molecule has 1 atom stereocenters. The minimum atomic E-state index is -2.12. The number of nitro groups is 1. The van der Waals surface area contributed by atoms with Crippen LogP contribution in [-0.2, 0) is 10.4 Å². The lowest BCUT2D eigenvalue weighted by atomic mass is 9.88. The third-order valence-corrected chi connectivity index (χ3v) is 3.80. The van der Waals surface area contributed by atoms with Crippen molar-refractivity contribution in [1.82, 2.24) is 0 Å². The first-order valence-electron chi connectivity index (χ1n) is 6.83. The van der Waals surface area contributed by atoms with Crippen molar-refractivity contribution in [2.75, 3.05) is 5.32 Å². The minimum absolute atomic E-state index is 0.0426. The first-order chi connectivity index (χ1) is 10.9. The van der Waals surface area contributed by atoms with Gasteiger partial charge >= 0.3 is 0 Å². The Balaban J connectivity index is 1.99. The molecule has 7 heteroatoms. The second-order valence-electron chi connectivity index (χ2n) is 5.27. The number of amides is 1. The normalized spacial score (nSPS) is 19.1. The van der Waals surface area contributed by atoms with Crippen LogP contribution in [0.3, 0.4) is 0 Å². The van der Waals surface area contributed by atoms with Crippen LogP contribution in [-0.4, -0.2) is 21.7 Å². The van der Waals surface area contributed by atoms with E-state index in [1.807, 2.05) is 0 Å². The number of fused-ring (bicyclic) bond motifs is 1. The van der Waals surface area contributed by atoms with Gasteiger partial charge in [-0.3, -0.25) is 19.7 Å². The van der Waals surface area contributed by atoms with Crippen molar-refractivity contribution < 1.29 is 19.6 Å². The largest absolute Gasteiger partial charge is 0.375 e. The molecule has 0 saturated carbocycles. The molecule has 0 unspecified atom stereocenters. The van der Waals surface area contributed by atoms with Gasteiger partial charge in [0.2, 0.25) is 0 Å². The Hall–Kier alpha value is -3.06. The van der Waals surface area contributed by atoms with Crippen molar-refractivity contribution in [3.05, 3.63) is 69.8 Å². The third kappa shape index (κ3) is 2.47. The molecule has 3 rings (SSSR count). The Morgan fingerprint density at radius 2 is 1.91 bits per heavy atom. The van der Waals surface area contributed by atoms with Crippen molar-refractivity contribution in [3.8, 4) is 0 Å². The van der Waals surface area contributed by atoms with Crippen molar-refractivity contribution in [1.29, 1.82) is 0 Å². The second kappa shape index (κ2) is 5.29. The highest BCUT2D eigenvalue weighted by atomic mass is 16.6. The maximum atomic E-state index is 12.3. The van der Waals surface area contributed by atoms with E-state index in [4.69, 9.17) is 0 Å². The zero-order chi connectivity index (χ0) is 16.6. The smallest absolute Gasteiger partial charge is 0.269 e. The van der Waals surface area contributed by atoms with Crippen LogP contribution >= 0.6 is 0 Å². The number of anilines is 1. The minimum Gasteiger partial charge on any atom is -0.375 e. The summed E-state index contributed by atoms with van der Waals surface area (Å²) in [5.74, 6) is -1.19. The fourth-order valence-electron chi connectivity index (χ4n) is 2.58. The molecule has 1 amide bonds. The average Bonchev–Trinajstić information content (AvgIpc) is 2.79. The SMILES string of the molecule is O=C(C[C@]1(O)C(=O)Nc2ccc([N+](=O)[O-])cc21)c1ccccc1. The van der Waals surface area contributed by atoms with Crippen LogP contribution in [0.15, 0.2) is 48.5 Å². The Labute approximate surface area is 130 Å². The molecule has 1 aliphatic heterocycles. The van der Waals surface area contributed by atoms with Gasteiger partial charge in [0.1, 0.15) is 0 Å². The van der Waals surface area contributed by atoms with Gasteiger partial charge in [0.25, 0.3) is 11.6 Å². The Kier molecular flexibility index (Phi) is 3.42. The molecule has 116 valence electrons. The summed E-state index contributed by atoms with van der Waals surface area (Å²) in [5.41, 5.74) is -1.71. The lowest BCUT2D eigenvalue weighted by Crippen LogP contribution is -2.36. The maximum absolute atomic E-state index is 12.3. The monoisotopic (exact) mass is 312 g/mol. The number of hydrogen-bond donors (Lipinski definition) is 2. The number of nitrogens with one attached hydrogen (secondary N) is 1. The van der Waals surface area contributed by atoms with E-state index >= 15 is 0 Å². The number of nitrogens with zero attached hydrogens (tertiary/aromatic N) is 1. The molecular formula is C16H12N2O5. The lowest BCUT2D eigenvalue weighted by Gasteiger charge is -2.19. The lowest BCUT2D eigenvalue weighted by molar-refractivity contribution is -0.385. The predicted molar refractivity (Wildman–Crippen MR) is 81.0 cm³/mol. The molecule has 0 spiro atoms. The highest BCUT2D eigenvalue weighted by Crippen LogP contribution is 2.40. The van der Waals surface area contributed by atoms with Crippen LogP contribution in [0.25, 0.3) is 0 Å². The van der Waals surface area contributed by atoms with Gasteiger partial charge in [0.15, 0.2) is 11.4 Å². The standard InChI is InChI=1S/C16H12N2O5/c19-14(10-4-2-1-3-5-10)9-16(21)12-8-11(18(22)23)6-7-13(12)17-15(16)20/h1-8,21H,9H2,(H,17,20)/t16-/m1/s1. The number of aliphatic hydroxyl groups is 1. The molecule has 2 aromatic rings. The number of carbonyl (C=O) groups is 2. The molecule has 0 aliphatic carbocycles. The maximum Gasteiger partial charge on any atom is 0.269 e. The van der Waals surface area contributed by atoms with Gasteiger partial charge in [-0.05, 0) is 6.07 Å². The molecule has 7 nitrogen and oxygen atoms in total. The Bertz CT molecular complexity index is 818. The van der Waals surface area contributed by atoms with Gasteiger partial charge < -0.3 is 10.4 Å². The van der Waals surface area contributed by atoms with E-state index < -0.39 is 28.6 Å². The number of nitro benzene ring substituents is 1. The molecule has 23 heavy (non-hydrogen) atoms. The summed E-state index contributed by atoms with van der Waals surface area (Å²) >= 11 is 0. The zero-order valence-corrected chi connectivity index (χ0v) is 11.9. The van der Waals surface area contributed by atoms with Crippen LogP contribution in [0.5, 0.6) is 0 Å². The first kappa shape index (κ1) is 14.9. The summed E-state index contributed by atoms with van der Waals surface area (Å²) in [6.07, 6.45) is -0.489. The Morgan fingerprint density at radius 3 is 2.57 bits per heavy atom. The van der Waals surface area contributed by atoms with E-state index in [1.165, 1.54) is 12.1 Å². The number of benzene rings is 2. The molecule has 0 fully saturated rings. The van der Waals surface area contributed by atoms with Crippen LogP contribution in [0.2, 0.25) is 0 Å². The van der Waals surface area contributed by atoms with Gasteiger partial charge in [-0.2, -0.15) is 0 Å². The van der Waals surface area contributed by atoms with Crippen molar-refractivity contribution in [3.63, 3.8) is 0 Å². The van der Waals surface area contributed by atoms with Crippen LogP contribution in [0.4, 0.5) is 11.4 Å². The van der Waals surface area contributed by atoms with Gasteiger partial charge in [-0.15, -0.1) is 0 Å². The Morgan fingerprint density at radius 1 is 1.22 bits per heavy atom. The van der Waals surface area contributed by atoms with Gasteiger partial charge in [0.05, 0.1) is 11.3 Å². The number of carbonyl (C=O) groups excluding carboxylic acids is 2. The highest BCUT2D eigenvalue weighted by molar-refractivity contribution is 6.09. The van der Waals surface area contributed by atoms with E-state index in [0.717, 1.165) is 6.07 Å². The fraction of sp³-hybridized carbons (Fsp3) is 0.125. The van der Waals surface area contributed by atoms with Crippen molar-refractivity contribution in [2.45, 2.75) is 12.0 Å². The van der Waals surface area contributed by atoms with E-state index in [0.29, 0.717) is 5.56 Å². The molecule has 1 heterocycles. The van der Waals surface area contributed by atoms with Gasteiger partial charge in [0, 0.05) is 28.9 Å². The molecular weight excluding hydrogens is 300 g/mol. The zero-order valence-electron chi connectivity index (χ0n) is 11.9. The fourth-order valence-corrected chi connectivity index (χ4v) is 2.58. The quantitative estimate of drug-likeness (QED) is 0.510. The predicted octanol–water partition coefficient (Wildman–Crippen LogP) is 2.01. The van der Waals surface area contributed by atoms with Crippen LogP contribution in [0, 0.1) is 10.1 Å². The average molecular weight is 312 g/mol. The van der Waals surface area contributed by atoms with Crippen molar-refractivity contribution >= 4 is 23.1 Å². The summed E-state index contributed by atoms with van der Waals surface area (Å²) < 4.78 is 0. The summed E-state index contributed by atoms with van der Waals surface area (Å²) in [5, 5.41) is 24.0. The summed E-state index contributed by atoms with van der Waals surface area (Å²) in [6, 6.07) is 11.9. The van der Waals surface area contributed by atoms with Gasteiger partial charge in [-0.25, -0.2) is 0 Å². The number of non-ortho nitro benzene ring substituents is 1. The van der Waals surface area contributed by atoms with Crippen molar-refractivity contribution in [2.24, 2.45) is 0 Å². The number of rotatable bonds is 4. The number of hydrogen-bond acceptors (Lipinski definition) is 5. The number of ketones is 1. The molecule has 0 saturated heterocycles. The van der Waals surface area contributed by atoms with E-state index in [2.05, 4.69) is 5.32 Å². The van der Waals surface area contributed by atoms with E-state index in [9.17, 15) is 24.8 Å². The molecule has 2 aromatic carbocycles. The second-order valence-corrected chi connectivity index (χ2v) is 5.27. The summed E-state index contributed by atoms with van der Waals surface area (Å²) in [6.45, 7) is 0. The van der Waals surface area contributed by atoms with Crippen LogP contribution in [0.1, 0.15) is 22.3 Å². The molecule has 2 N–H and O–H groups in total. The summed E-state index contributed by atoms with van der Waals surface area (Å²) in [7, 11) is 0. The van der Waals surface area contributed by atoms with Crippen LogP contribution < -0.4 is 5.32 Å². The summed E-state index contributed by atoms with van der Waals surface area (Å²) in [4.78, 5) is 34.7. The van der Waals surface area contributed by atoms with E-state index in [1.54, 1.807) is 30.3 Å². The molecule has 0 radical (unpaired) electrons. The first-order valence-corrected chi connectivity index (χ1v) is 6.83. The van der Waals surface area contributed by atoms with E-state index in [-0.39, 0.29) is 16.9 Å². The number of Topliss-reactive ketones (excluding diaryl/α,β-unsaturated/α-hetero) is 1. The molecule has 0 aromatic heterocycles. The third-order valence-electron chi connectivity index (χ3n) is 3.80. The molecule has 0 bridgehead atoms. The molecule has 1 aliphatic rings. The highest BCUT2D eigenvalue weighted by Gasteiger charge is 2.47. The topological polar surface area (TPSA) is 110 Å².